The molecule has 0 aromatic heterocycles. The van der Waals surface area contributed by atoms with Crippen LogP contribution in [0.5, 0.6) is 0 Å². The third kappa shape index (κ3) is 10.3. The Kier molecular flexibility index (Phi) is 9.71. The van der Waals surface area contributed by atoms with Gasteiger partial charge in [-0.2, -0.15) is 0 Å². The molecule has 0 bridgehead atoms. The predicted molar refractivity (Wildman–Crippen MR) is 125 cm³/mol. The van der Waals surface area contributed by atoms with E-state index in [0.717, 1.165) is 45.2 Å². The van der Waals surface area contributed by atoms with E-state index < -0.39 is 0 Å². The monoisotopic (exact) mass is 409 g/mol. The minimum atomic E-state index is -0.379. The summed E-state index contributed by atoms with van der Waals surface area (Å²) < 4.78 is 6.24. The first-order valence-corrected chi connectivity index (χ1v) is 12.0. The van der Waals surface area contributed by atoms with Crippen LogP contribution in [0.4, 0.5) is 0 Å². The zero-order chi connectivity index (χ0) is 22.5. The first-order chi connectivity index (χ1) is 13.1. The third-order valence-corrected chi connectivity index (χ3v) is 6.54. The molecule has 1 aliphatic rings. The lowest BCUT2D eigenvalue weighted by Crippen LogP contribution is -2.44. The summed E-state index contributed by atoms with van der Waals surface area (Å²) in [7, 11) is 0. The van der Waals surface area contributed by atoms with Gasteiger partial charge in [-0.3, -0.25) is 4.79 Å². The Morgan fingerprint density at radius 1 is 0.897 bits per heavy atom. The number of carbonyl (C=O) groups is 1. The van der Waals surface area contributed by atoms with Gasteiger partial charge in [0.25, 0.3) is 0 Å². The van der Waals surface area contributed by atoms with E-state index in [1.807, 2.05) is 0 Å². The van der Waals surface area contributed by atoms with Gasteiger partial charge in [0, 0.05) is 5.92 Å². The van der Waals surface area contributed by atoms with Crippen LogP contribution in [0.2, 0.25) is 0 Å². The highest BCUT2D eigenvalue weighted by Gasteiger charge is 2.38. The molecule has 0 saturated carbocycles. The standard InChI is InChI=1S/C26H51NO2/c1-19(17-24(3,4)5)11-12-22(20(2)18-25(6,7)8)23(28)29-26(9,10)21-13-15-27-16-14-21/h19-22,27H,11-18H2,1-10H3. The molecule has 0 aromatic carbocycles. The molecular weight excluding hydrogens is 358 g/mol. The predicted octanol–water partition coefficient (Wildman–Crippen LogP) is 6.85. The second kappa shape index (κ2) is 10.6. The summed E-state index contributed by atoms with van der Waals surface area (Å²) in [6.45, 7) is 24.6. The minimum Gasteiger partial charge on any atom is -0.459 e. The van der Waals surface area contributed by atoms with Gasteiger partial charge in [-0.1, -0.05) is 55.4 Å². The molecule has 29 heavy (non-hydrogen) atoms. The summed E-state index contributed by atoms with van der Waals surface area (Å²) in [6.07, 6.45) is 6.46. The van der Waals surface area contributed by atoms with Crippen molar-refractivity contribution in [2.45, 2.75) is 113 Å². The van der Waals surface area contributed by atoms with Crippen LogP contribution in [-0.2, 0) is 9.53 Å². The van der Waals surface area contributed by atoms with Crippen molar-refractivity contribution in [3.63, 3.8) is 0 Å². The molecule has 0 spiro atoms. The smallest absolute Gasteiger partial charge is 0.309 e. The van der Waals surface area contributed by atoms with Crippen molar-refractivity contribution in [2.75, 3.05) is 13.1 Å². The van der Waals surface area contributed by atoms with Gasteiger partial charge in [0.1, 0.15) is 5.60 Å². The number of esters is 1. The van der Waals surface area contributed by atoms with E-state index in [1.165, 1.54) is 6.42 Å². The summed E-state index contributed by atoms with van der Waals surface area (Å²) >= 11 is 0. The van der Waals surface area contributed by atoms with Crippen LogP contribution in [0.3, 0.4) is 0 Å². The SMILES string of the molecule is CC(CCC(C(=O)OC(C)(C)C1CCNCC1)C(C)CC(C)(C)C)CC(C)(C)C. The highest BCUT2D eigenvalue weighted by atomic mass is 16.6. The quantitative estimate of drug-likeness (QED) is 0.423. The molecule has 1 heterocycles. The van der Waals surface area contributed by atoms with Gasteiger partial charge in [-0.25, -0.2) is 0 Å². The van der Waals surface area contributed by atoms with E-state index in [2.05, 4.69) is 74.6 Å². The van der Waals surface area contributed by atoms with Gasteiger partial charge in [0.2, 0.25) is 0 Å². The molecule has 0 radical (unpaired) electrons. The van der Waals surface area contributed by atoms with E-state index in [1.54, 1.807) is 0 Å². The molecule has 1 rings (SSSR count). The number of nitrogens with one attached hydrogen (secondary N) is 1. The Labute approximate surface area is 182 Å². The van der Waals surface area contributed by atoms with Crippen LogP contribution in [-0.4, -0.2) is 24.7 Å². The Hall–Kier alpha value is -0.570. The zero-order valence-electron chi connectivity index (χ0n) is 21.3. The van der Waals surface area contributed by atoms with Crippen molar-refractivity contribution < 1.29 is 9.53 Å². The first-order valence-electron chi connectivity index (χ1n) is 12.0. The van der Waals surface area contributed by atoms with E-state index in [0.29, 0.717) is 23.2 Å². The molecule has 0 aromatic rings. The highest BCUT2D eigenvalue weighted by molar-refractivity contribution is 5.73. The molecule has 3 unspecified atom stereocenters. The van der Waals surface area contributed by atoms with Crippen LogP contribution < -0.4 is 5.32 Å². The fourth-order valence-corrected chi connectivity index (χ4v) is 5.29. The summed E-state index contributed by atoms with van der Waals surface area (Å²) in [5, 5.41) is 3.42. The van der Waals surface area contributed by atoms with Crippen molar-refractivity contribution in [2.24, 2.45) is 34.5 Å². The molecule has 1 aliphatic heterocycles. The molecular formula is C26H51NO2. The number of rotatable bonds is 9. The number of ether oxygens (including phenoxy) is 1. The molecule has 0 amide bonds. The maximum atomic E-state index is 13.4. The van der Waals surface area contributed by atoms with Gasteiger partial charge in [0.05, 0.1) is 5.92 Å². The molecule has 3 atom stereocenters. The average Bonchev–Trinajstić information content (AvgIpc) is 2.52. The van der Waals surface area contributed by atoms with Crippen LogP contribution in [0.25, 0.3) is 0 Å². The summed E-state index contributed by atoms with van der Waals surface area (Å²) in [5.74, 6) is 1.45. The van der Waals surface area contributed by atoms with Gasteiger partial charge in [0.15, 0.2) is 0 Å². The molecule has 3 heteroatoms. The normalized spacial score (nSPS) is 20.2. The largest absolute Gasteiger partial charge is 0.459 e. The fraction of sp³-hybridized carbons (Fsp3) is 0.962. The Balaban J connectivity index is 2.83. The average molecular weight is 410 g/mol. The van der Waals surface area contributed by atoms with Gasteiger partial charge >= 0.3 is 5.97 Å². The zero-order valence-corrected chi connectivity index (χ0v) is 21.3. The first kappa shape index (κ1) is 26.5. The van der Waals surface area contributed by atoms with E-state index >= 15 is 0 Å². The lowest BCUT2D eigenvalue weighted by atomic mass is 9.76. The Morgan fingerprint density at radius 3 is 1.90 bits per heavy atom. The van der Waals surface area contributed by atoms with Gasteiger partial charge in [-0.05, 0) is 88.1 Å². The lowest BCUT2D eigenvalue weighted by Gasteiger charge is -2.39. The summed E-state index contributed by atoms with van der Waals surface area (Å²) in [5.41, 5.74) is 0.179. The lowest BCUT2D eigenvalue weighted by molar-refractivity contribution is -0.170. The molecule has 1 N–H and O–H groups in total. The van der Waals surface area contributed by atoms with Crippen molar-refractivity contribution >= 4 is 5.97 Å². The van der Waals surface area contributed by atoms with Crippen molar-refractivity contribution in [3.8, 4) is 0 Å². The fourth-order valence-electron chi connectivity index (χ4n) is 5.29. The maximum absolute atomic E-state index is 13.4. The van der Waals surface area contributed by atoms with Crippen LogP contribution in [0.1, 0.15) is 108 Å². The van der Waals surface area contributed by atoms with E-state index in [-0.39, 0.29) is 22.9 Å². The number of hydrogen-bond donors (Lipinski definition) is 1. The topological polar surface area (TPSA) is 38.3 Å². The highest BCUT2D eigenvalue weighted by Crippen LogP contribution is 2.36. The maximum Gasteiger partial charge on any atom is 0.309 e. The Bertz CT molecular complexity index is 492. The molecule has 3 nitrogen and oxygen atoms in total. The van der Waals surface area contributed by atoms with Crippen molar-refractivity contribution in [1.82, 2.24) is 5.32 Å². The molecule has 1 saturated heterocycles. The molecule has 0 aliphatic carbocycles. The third-order valence-electron chi connectivity index (χ3n) is 6.54. The number of piperidine rings is 1. The van der Waals surface area contributed by atoms with Crippen LogP contribution in [0, 0.1) is 34.5 Å². The molecule has 172 valence electrons. The van der Waals surface area contributed by atoms with E-state index in [4.69, 9.17) is 4.74 Å². The number of hydrogen-bond acceptors (Lipinski definition) is 3. The minimum absolute atomic E-state index is 0.00219. The van der Waals surface area contributed by atoms with Gasteiger partial charge < -0.3 is 10.1 Å². The Morgan fingerprint density at radius 2 is 1.41 bits per heavy atom. The summed E-state index contributed by atoms with van der Waals surface area (Å²) in [4.78, 5) is 13.4. The second-order valence-electron chi connectivity index (χ2n) is 12.8. The second-order valence-corrected chi connectivity index (χ2v) is 12.8. The van der Waals surface area contributed by atoms with Crippen molar-refractivity contribution in [3.05, 3.63) is 0 Å². The van der Waals surface area contributed by atoms with Crippen LogP contribution in [0.15, 0.2) is 0 Å². The molecule has 1 fully saturated rings. The van der Waals surface area contributed by atoms with Crippen LogP contribution >= 0.6 is 0 Å². The van der Waals surface area contributed by atoms with Gasteiger partial charge in [-0.15, -0.1) is 0 Å². The van der Waals surface area contributed by atoms with Crippen molar-refractivity contribution in [1.29, 1.82) is 0 Å². The number of carbonyl (C=O) groups excluding carboxylic acids is 1. The summed E-state index contributed by atoms with van der Waals surface area (Å²) in [6, 6.07) is 0. The van der Waals surface area contributed by atoms with E-state index in [9.17, 15) is 4.79 Å².